The van der Waals surface area contributed by atoms with Crippen molar-refractivity contribution < 1.29 is 19.1 Å². The topological polar surface area (TPSA) is 57.6 Å². The van der Waals surface area contributed by atoms with Crippen molar-refractivity contribution in [3.8, 4) is 0 Å². The van der Waals surface area contributed by atoms with Crippen molar-refractivity contribution in [2.45, 2.75) is 33.2 Å². The zero-order valence-corrected chi connectivity index (χ0v) is 15.6. The van der Waals surface area contributed by atoms with Crippen LogP contribution >= 0.6 is 0 Å². The van der Waals surface area contributed by atoms with E-state index in [9.17, 15) is 19.1 Å². The minimum absolute atomic E-state index is 0.0678. The molecule has 0 spiro atoms. The molecule has 5 heteroatoms. The first kappa shape index (κ1) is 18.8. The molecule has 4 nitrogen and oxygen atoms in total. The summed E-state index contributed by atoms with van der Waals surface area (Å²) in [7, 11) is 0. The van der Waals surface area contributed by atoms with E-state index in [0.717, 1.165) is 11.1 Å². The maximum atomic E-state index is 14.5. The minimum Gasteiger partial charge on any atom is -0.507 e. The summed E-state index contributed by atoms with van der Waals surface area (Å²) >= 11 is 0. The second kappa shape index (κ2) is 7.35. The molecule has 2 aromatic rings. The highest BCUT2D eigenvalue weighted by Crippen LogP contribution is 2.40. The number of hydrogen-bond donors (Lipinski definition) is 1. The van der Waals surface area contributed by atoms with Crippen molar-refractivity contribution in [1.82, 2.24) is 4.90 Å². The molecule has 1 heterocycles. The van der Waals surface area contributed by atoms with Gasteiger partial charge in [-0.15, -0.1) is 0 Å². The zero-order chi connectivity index (χ0) is 19.7. The second-order valence-electron chi connectivity index (χ2n) is 6.81. The smallest absolute Gasteiger partial charge is 0.295 e. The third-order valence-corrected chi connectivity index (χ3v) is 4.98. The fraction of sp³-hybridized carbons (Fsp3) is 0.273. The van der Waals surface area contributed by atoms with Crippen LogP contribution in [0.4, 0.5) is 4.39 Å². The van der Waals surface area contributed by atoms with E-state index in [0.29, 0.717) is 18.5 Å². The number of carbonyl (C=O) groups excluding carboxylic acids is 2. The average molecular weight is 367 g/mol. The molecule has 0 aromatic heterocycles. The van der Waals surface area contributed by atoms with Gasteiger partial charge in [0.2, 0.25) is 0 Å². The molecule has 1 aliphatic rings. The summed E-state index contributed by atoms with van der Waals surface area (Å²) < 4.78 is 14.5. The predicted molar refractivity (Wildman–Crippen MR) is 102 cm³/mol. The van der Waals surface area contributed by atoms with E-state index in [1.807, 2.05) is 26.8 Å². The number of aryl methyl sites for hydroxylation is 2. The molecule has 0 saturated carbocycles. The zero-order valence-electron chi connectivity index (χ0n) is 15.6. The lowest BCUT2D eigenvalue weighted by Crippen LogP contribution is -2.30. The van der Waals surface area contributed by atoms with Gasteiger partial charge in [-0.05, 0) is 43.5 Å². The highest BCUT2D eigenvalue weighted by Gasteiger charge is 2.46. The van der Waals surface area contributed by atoms with Crippen molar-refractivity contribution >= 4 is 17.4 Å². The van der Waals surface area contributed by atoms with E-state index in [-0.39, 0.29) is 16.9 Å². The van der Waals surface area contributed by atoms with Gasteiger partial charge in [0.15, 0.2) is 0 Å². The third-order valence-electron chi connectivity index (χ3n) is 4.98. The maximum Gasteiger partial charge on any atom is 0.295 e. The summed E-state index contributed by atoms with van der Waals surface area (Å²) in [5, 5.41) is 10.9. The fourth-order valence-electron chi connectivity index (χ4n) is 3.42. The molecular formula is C22H22FNO3. The molecule has 27 heavy (non-hydrogen) atoms. The van der Waals surface area contributed by atoms with E-state index in [1.165, 1.54) is 11.0 Å². The molecule has 1 amide bonds. The Morgan fingerprint density at radius 1 is 1.11 bits per heavy atom. The van der Waals surface area contributed by atoms with Crippen LogP contribution in [0.15, 0.2) is 48.0 Å². The van der Waals surface area contributed by atoms with Crippen LogP contribution in [-0.4, -0.2) is 28.2 Å². The number of nitrogens with zero attached hydrogens (tertiary/aromatic N) is 1. The molecule has 0 aliphatic carbocycles. The predicted octanol–water partition coefficient (Wildman–Crippen LogP) is 4.27. The van der Waals surface area contributed by atoms with Crippen LogP contribution in [0, 0.1) is 19.7 Å². The molecule has 0 bridgehead atoms. The van der Waals surface area contributed by atoms with Gasteiger partial charge in [-0.2, -0.15) is 0 Å². The van der Waals surface area contributed by atoms with Crippen LogP contribution in [0.1, 0.15) is 41.6 Å². The second-order valence-corrected chi connectivity index (χ2v) is 6.81. The quantitative estimate of drug-likeness (QED) is 0.499. The largest absolute Gasteiger partial charge is 0.507 e. The first-order valence-electron chi connectivity index (χ1n) is 8.97. The molecule has 3 rings (SSSR count). The molecule has 1 saturated heterocycles. The number of aliphatic hydroxyl groups is 1. The molecule has 2 aromatic carbocycles. The van der Waals surface area contributed by atoms with Gasteiger partial charge in [-0.25, -0.2) is 4.39 Å². The number of likely N-dealkylation sites (tertiary alicyclic amines) is 1. The number of hydrogen-bond acceptors (Lipinski definition) is 3. The lowest BCUT2D eigenvalue weighted by molar-refractivity contribution is -0.139. The molecular weight excluding hydrogens is 345 g/mol. The molecule has 0 radical (unpaired) electrons. The van der Waals surface area contributed by atoms with Crippen molar-refractivity contribution in [2.24, 2.45) is 0 Å². The van der Waals surface area contributed by atoms with Crippen molar-refractivity contribution in [1.29, 1.82) is 0 Å². The molecule has 1 unspecified atom stereocenters. The van der Waals surface area contributed by atoms with Crippen LogP contribution in [-0.2, 0) is 9.59 Å². The number of ketones is 1. The lowest BCUT2D eigenvalue weighted by atomic mass is 9.94. The standard InChI is InChI=1S/C22H22FNO3/c1-4-11-24-19(16-7-5-6-8-17(16)23)18(21(26)22(24)27)20(25)15-10-9-13(2)14(3)12-15/h5-10,12,19,25H,4,11H2,1-3H3/b20-18+. The van der Waals surface area contributed by atoms with Gasteiger partial charge in [0, 0.05) is 17.7 Å². The van der Waals surface area contributed by atoms with Crippen molar-refractivity contribution in [2.75, 3.05) is 6.54 Å². The Labute approximate surface area is 157 Å². The van der Waals surface area contributed by atoms with Crippen molar-refractivity contribution in [3.05, 3.63) is 76.1 Å². The summed E-state index contributed by atoms with van der Waals surface area (Å²) in [4.78, 5) is 26.6. The van der Waals surface area contributed by atoms with Gasteiger partial charge < -0.3 is 10.0 Å². The van der Waals surface area contributed by atoms with Gasteiger partial charge in [-0.1, -0.05) is 37.3 Å². The Kier molecular flexibility index (Phi) is 5.13. The third kappa shape index (κ3) is 3.25. The molecule has 1 atom stereocenters. The van der Waals surface area contributed by atoms with Crippen molar-refractivity contribution in [3.63, 3.8) is 0 Å². The molecule has 1 fully saturated rings. The number of amides is 1. The fourth-order valence-corrected chi connectivity index (χ4v) is 3.42. The van der Waals surface area contributed by atoms with Gasteiger partial charge in [0.05, 0.1) is 11.6 Å². The Morgan fingerprint density at radius 2 is 1.81 bits per heavy atom. The number of halogens is 1. The van der Waals surface area contributed by atoms with Gasteiger partial charge >= 0.3 is 0 Å². The Hall–Kier alpha value is -2.95. The number of carbonyl (C=O) groups is 2. The first-order chi connectivity index (χ1) is 12.9. The monoisotopic (exact) mass is 367 g/mol. The minimum atomic E-state index is -0.937. The number of aliphatic hydroxyl groups excluding tert-OH is 1. The van der Waals surface area contributed by atoms with Crippen LogP contribution < -0.4 is 0 Å². The Bertz CT molecular complexity index is 948. The van der Waals surface area contributed by atoms with E-state index in [1.54, 1.807) is 30.3 Å². The molecule has 1 aliphatic heterocycles. The summed E-state index contributed by atoms with van der Waals surface area (Å²) in [6, 6.07) is 10.4. The molecule has 140 valence electrons. The van der Waals surface area contributed by atoms with E-state index < -0.39 is 23.5 Å². The van der Waals surface area contributed by atoms with Gasteiger partial charge in [0.25, 0.3) is 11.7 Å². The summed E-state index contributed by atoms with van der Waals surface area (Å²) in [5.74, 6) is -2.29. The number of benzene rings is 2. The normalized spacial score (nSPS) is 19.0. The number of Topliss-reactive ketones (excluding diaryl/α,β-unsaturated/α-hetero) is 1. The van der Waals surface area contributed by atoms with Crippen LogP contribution in [0.3, 0.4) is 0 Å². The average Bonchev–Trinajstić information content (AvgIpc) is 2.89. The highest BCUT2D eigenvalue weighted by molar-refractivity contribution is 6.46. The Balaban J connectivity index is 2.23. The summed E-state index contributed by atoms with van der Waals surface area (Å²) in [6.07, 6.45) is 0.613. The maximum absolute atomic E-state index is 14.5. The van der Waals surface area contributed by atoms with Crippen LogP contribution in [0.2, 0.25) is 0 Å². The van der Waals surface area contributed by atoms with Gasteiger partial charge in [0.1, 0.15) is 11.6 Å². The highest BCUT2D eigenvalue weighted by atomic mass is 19.1. The van der Waals surface area contributed by atoms with Gasteiger partial charge in [-0.3, -0.25) is 9.59 Å². The van der Waals surface area contributed by atoms with Crippen LogP contribution in [0.25, 0.3) is 5.76 Å². The summed E-state index contributed by atoms with van der Waals surface area (Å²) in [5.41, 5.74) is 2.57. The lowest BCUT2D eigenvalue weighted by Gasteiger charge is -2.25. The first-order valence-corrected chi connectivity index (χ1v) is 8.97. The summed E-state index contributed by atoms with van der Waals surface area (Å²) in [6.45, 7) is 6.02. The number of rotatable bonds is 4. The van der Waals surface area contributed by atoms with E-state index in [4.69, 9.17) is 0 Å². The SMILES string of the molecule is CCCN1C(=O)C(=O)/C(=C(/O)c2ccc(C)c(C)c2)C1c1ccccc1F. The van der Waals surface area contributed by atoms with Crippen LogP contribution in [0.5, 0.6) is 0 Å². The Morgan fingerprint density at radius 3 is 2.44 bits per heavy atom. The van der Waals surface area contributed by atoms with E-state index in [2.05, 4.69) is 0 Å². The molecule has 1 N–H and O–H groups in total. The van der Waals surface area contributed by atoms with E-state index >= 15 is 0 Å².